The van der Waals surface area contributed by atoms with Crippen LogP contribution in [0.5, 0.6) is 0 Å². The number of hydrogen-bond acceptors (Lipinski definition) is 2. The number of unbranched alkanes of at least 4 members (excludes halogenated alkanes) is 1. The molecule has 0 fully saturated rings. The van der Waals surface area contributed by atoms with Crippen molar-refractivity contribution in [1.29, 1.82) is 0 Å². The van der Waals surface area contributed by atoms with Crippen molar-refractivity contribution >= 4 is 0 Å². The molecule has 0 spiro atoms. The highest BCUT2D eigenvalue weighted by atomic mass is 16.5. The summed E-state index contributed by atoms with van der Waals surface area (Å²) in [4.78, 5) is 0. The second-order valence-electron chi connectivity index (χ2n) is 2.85. The lowest BCUT2D eigenvalue weighted by atomic mass is 10.1. The van der Waals surface area contributed by atoms with Gasteiger partial charge in [0.05, 0.1) is 13.2 Å². The monoisotopic (exact) mass is 172 g/mol. The van der Waals surface area contributed by atoms with Gasteiger partial charge in [0.15, 0.2) is 0 Å². The predicted octanol–water partition coefficient (Wildman–Crippen LogP) is 2.40. The smallest absolute Gasteiger partial charge is 0.0673 e. The van der Waals surface area contributed by atoms with Gasteiger partial charge in [0.25, 0.3) is 0 Å². The highest BCUT2D eigenvalue weighted by Gasteiger charge is 1.95. The first-order chi connectivity index (χ1) is 5.85. The summed E-state index contributed by atoms with van der Waals surface area (Å²) >= 11 is 0. The highest BCUT2D eigenvalue weighted by Crippen LogP contribution is 2.07. The number of methoxy groups -OCH3 is 2. The van der Waals surface area contributed by atoms with Crippen LogP contribution in [0.15, 0.2) is 11.6 Å². The first kappa shape index (κ1) is 11.7. The van der Waals surface area contributed by atoms with Crippen molar-refractivity contribution in [1.82, 2.24) is 0 Å². The van der Waals surface area contributed by atoms with Gasteiger partial charge in [-0.05, 0) is 18.4 Å². The van der Waals surface area contributed by atoms with Gasteiger partial charge in [0, 0.05) is 14.2 Å². The average Bonchev–Trinajstić information content (AvgIpc) is 2.10. The molecule has 72 valence electrons. The van der Waals surface area contributed by atoms with Crippen molar-refractivity contribution in [3.8, 4) is 0 Å². The van der Waals surface area contributed by atoms with E-state index in [4.69, 9.17) is 9.47 Å². The molecule has 0 aromatic carbocycles. The number of rotatable bonds is 7. The van der Waals surface area contributed by atoms with E-state index in [0.29, 0.717) is 6.61 Å². The molecule has 2 nitrogen and oxygen atoms in total. The lowest BCUT2D eigenvalue weighted by Gasteiger charge is -2.04. The summed E-state index contributed by atoms with van der Waals surface area (Å²) in [6.45, 7) is 3.63. The Kier molecular flexibility index (Phi) is 8.51. The molecule has 0 saturated carbocycles. The molecule has 0 N–H and O–H groups in total. The van der Waals surface area contributed by atoms with Crippen LogP contribution in [0.2, 0.25) is 0 Å². The topological polar surface area (TPSA) is 18.5 Å². The quantitative estimate of drug-likeness (QED) is 0.549. The van der Waals surface area contributed by atoms with Crippen LogP contribution >= 0.6 is 0 Å². The highest BCUT2D eigenvalue weighted by molar-refractivity contribution is 5.02. The van der Waals surface area contributed by atoms with Gasteiger partial charge in [-0.1, -0.05) is 19.4 Å². The van der Waals surface area contributed by atoms with E-state index in [0.717, 1.165) is 13.0 Å². The van der Waals surface area contributed by atoms with E-state index < -0.39 is 0 Å². The summed E-state index contributed by atoms with van der Waals surface area (Å²) in [6, 6.07) is 0. The van der Waals surface area contributed by atoms with Gasteiger partial charge in [0.2, 0.25) is 0 Å². The fraction of sp³-hybridized carbons (Fsp3) is 0.800. The molecule has 0 aliphatic rings. The van der Waals surface area contributed by atoms with Gasteiger partial charge >= 0.3 is 0 Å². The van der Waals surface area contributed by atoms with E-state index in [1.54, 1.807) is 14.2 Å². The van der Waals surface area contributed by atoms with Crippen LogP contribution in [0, 0.1) is 0 Å². The van der Waals surface area contributed by atoms with Crippen LogP contribution < -0.4 is 0 Å². The summed E-state index contributed by atoms with van der Waals surface area (Å²) in [5, 5.41) is 0. The Labute approximate surface area is 75.6 Å². The summed E-state index contributed by atoms with van der Waals surface area (Å²) in [5.74, 6) is 0. The van der Waals surface area contributed by atoms with Crippen LogP contribution in [-0.2, 0) is 9.47 Å². The molecule has 0 aromatic rings. The van der Waals surface area contributed by atoms with Gasteiger partial charge < -0.3 is 9.47 Å². The normalized spacial score (nSPS) is 12.1. The minimum atomic E-state index is 0.697. The van der Waals surface area contributed by atoms with E-state index in [1.165, 1.54) is 18.4 Å². The number of ether oxygens (including phenoxy) is 2. The zero-order chi connectivity index (χ0) is 9.23. The summed E-state index contributed by atoms with van der Waals surface area (Å²) in [6.07, 6.45) is 5.71. The lowest BCUT2D eigenvalue weighted by Crippen LogP contribution is -1.97. The predicted molar refractivity (Wildman–Crippen MR) is 51.4 cm³/mol. The van der Waals surface area contributed by atoms with Crippen LogP contribution in [0.4, 0.5) is 0 Å². The standard InChI is InChI=1S/C10H20O2/c1-4-5-6-10(9-12-3)7-8-11-2/h7H,4-6,8-9H2,1-3H3/b10-7+. The molecular weight excluding hydrogens is 152 g/mol. The molecule has 0 saturated heterocycles. The zero-order valence-electron chi connectivity index (χ0n) is 8.43. The Balaban J connectivity index is 3.68. The molecular formula is C10H20O2. The van der Waals surface area contributed by atoms with Crippen molar-refractivity contribution in [3.63, 3.8) is 0 Å². The Morgan fingerprint density at radius 2 is 2.00 bits per heavy atom. The van der Waals surface area contributed by atoms with Crippen molar-refractivity contribution < 1.29 is 9.47 Å². The zero-order valence-corrected chi connectivity index (χ0v) is 8.43. The Hall–Kier alpha value is -0.340. The van der Waals surface area contributed by atoms with Gasteiger partial charge in [-0.2, -0.15) is 0 Å². The van der Waals surface area contributed by atoms with Crippen LogP contribution in [0.3, 0.4) is 0 Å². The maximum absolute atomic E-state index is 5.07. The van der Waals surface area contributed by atoms with E-state index in [2.05, 4.69) is 13.0 Å². The molecule has 2 heteroatoms. The number of hydrogen-bond donors (Lipinski definition) is 0. The third kappa shape index (κ3) is 6.38. The van der Waals surface area contributed by atoms with E-state index >= 15 is 0 Å². The van der Waals surface area contributed by atoms with E-state index in [-0.39, 0.29) is 0 Å². The molecule has 0 rings (SSSR count). The van der Waals surface area contributed by atoms with E-state index in [1.807, 2.05) is 0 Å². The average molecular weight is 172 g/mol. The second kappa shape index (κ2) is 8.75. The first-order valence-electron chi connectivity index (χ1n) is 4.50. The maximum Gasteiger partial charge on any atom is 0.0673 e. The molecule has 0 atom stereocenters. The minimum absolute atomic E-state index is 0.697. The van der Waals surface area contributed by atoms with E-state index in [9.17, 15) is 0 Å². The molecule has 0 aliphatic carbocycles. The molecule has 0 unspecified atom stereocenters. The van der Waals surface area contributed by atoms with Gasteiger partial charge in [-0.25, -0.2) is 0 Å². The van der Waals surface area contributed by atoms with Crippen LogP contribution in [-0.4, -0.2) is 27.4 Å². The SMILES string of the molecule is CCCC/C(=C\COC)COC. The Morgan fingerprint density at radius 3 is 2.50 bits per heavy atom. The Bertz CT molecular complexity index is 119. The van der Waals surface area contributed by atoms with Crippen molar-refractivity contribution in [2.24, 2.45) is 0 Å². The van der Waals surface area contributed by atoms with Crippen molar-refractivity contribution in [2.45, 2.75) is 26.2 Å². The molecule has 0 bridgehead atoms. The molecule has 0 radical (unpaired) electrons. The summed E-state index contributed by atoms with van der Waals surface area (Å²) < 4.78 is 10.0. The summed E-state index contributed by atoms with van der Waals surface area (Å²) in [5.41, 5.74) is 1.35. The molecule has 12 heavy (non-hydrogen) atoms. The largest absolute Gasteiger partial charge is 0.381 e. The van der Waals surface area contributed by atoms with Gasteiger partial charge in [-0.15, -0.1) is 0 Å². The molecule has 0 aromatic heterocycles. The van der Waals surface area contributed by atoms with Crippen molar-refractivity contribution in [2.75, 3.05) is 27.4 Å². The fourth-order valence-corrected chi connectivity index (χ4v) is 1.02. The first-order valence-corrected chi connectivity index (χ1v) is 4.50. The molecule has 0 aliphatic heterocycles. The lowest BCUT2D eigenvalue weighted by molar-refractivity contribution is 0.214. The molecule has 0 amide bonds. The van der Waals surface area contributed by atoms with Crippen LogP contribution in [0.1, 0.15) is 26.2 Å². The Morgan fingerprint density at radius 1 is 1.25 bits per heavy atom. The van der Waals surface area contributed by atoms with Crippen molar-refractivity contribution in [3.05, 3.63) is 11.6 Å². The summed E-state index contributed by atoms with van der Waals surface area (Å²) in [7, 11) is 3.44. The maximum atomic E-state index is 5.07. The minimum Gasteiger partial charge on any atom is -0.381 e. The fourth-order valence-electron chi connectivity index (χ4n) is 1.02. The molecule has 0 heterocycles. The third-order valence-electron chi connectivity index (χ3n) is 1.72. The van der Waals surface area contributed by atoms with Crippen LogP contribution in [0.25, 0.3) is 0 Å². The van der Waals surface area contributed by atoms with Gasteiger partial charge in [0.1, 0.15) is 0 Å². The second-order valence-corrected chi connectivity index (χ2v) is 2.85. The third-order valence-corrected chi connectivity index (χ3v) is 1.72. The van der Waals surface area contributed by atoms with Gasteiger partial charge in [-0.3, -0.25) is 0 Å².